The van der Waals surface area contributed by atoms with Crippen LogP contribution in [0, 0.1) is 5.92 Å². The smallest absolute Gasteiger partial charge is 0.330 e. The monoisotopic (exact) mass is 227 g/mol. The molecule has 2 N–H and O–H groups in total. The van der Waals surface area contributed by atoms with E-state index in [0.29, 0.717) is 32.2 Å². The summed E-state index contributed by atoms with van der Waals surface area (Å²) < 4.78 is 51.7. The molecule has 1 fully saturated rings. The van der Waals surface area contributed by atoms with Gasteiger partial charge in [0.25, 0.3) is 0 Å². The Kier molecular flexibility index (Phi) is 3.98. The first-order chi connectivity index (χ1) is 6.92. The zero-order valence-corrected chi connectivity index (χ0v) is 8.62. The van der Waals surface area contributed by atoms with Gasteiger partial charge in [-0.2, -0.15) is 13.2 Å². The average Bonchev–Trinajstić information content (AvgIpc) is 2.15. The zero-order chi connectivity index (χ0) is 11.5. The van der Waals surface area contributed by atoms with Crippen molar-refractivity contribution in [2.45, 2.75) is 50.4 Å². The first-order valence-corrected chi connectivity index (χ1v) is 5.37. The van der Waals surface area contributed by atoms with Crippen molar-refractivity contribution in [2.75, 3.05) is 6.54 Å². The Labute approximate surface area is 87.0 Å². The van der Waals surface area contributed by atoms with Crippen LogP contribution in [0.15, 0.2) is 0 Å². The number of halogens is 4. The van der Waals surface area contributed by atoms with Gasteiger partial charge in [0.2, 0.25) is 5.67 Å². The predicted octanol–water partition coefficient (Wildman–Crippen LogP) is 3.19. The fraction of sp³-hybridized carbons (Fsp3) is 1.00. The number of hydrogen-bond acceptors (Lipinski definition) is 1. The van der Waals surface area contributed by atoms with Crippen molar-refractivity contribution in [3.63, 3.8) is 0 Å². The van der Waals surface area contributed by atoms with Crippen molar-refractivity contribution in [1.82, 2.24) is 0 Å². The molecule has 0 aromatic heterocycles. The third-order valence-corrected chi connectivity index (χ3v) is 3.22. The van der Waals surface area contributed by atoms with E-state index < -0.39 is 17.8 Å². The zero-order valence-electron chi connectivity index (χ0n) is 8.62. The van der Waals surface area contributed by atoms with E-state index in [0.717, 1.165) is 0 Å². The molecule has 15 heavy (non-hydrogen) atoms. The molecule has 0 aromatic carbocycles. The van der Waals surface area contributed by atoms with Crippen LogP contribution in [0.2, 0.25) is 0 Å². The van der Waals surface area contributed by atoms with Crippen molar-refractivity contribution >= 4 is 0 Å². The van der Waals surface area contributed by atoms with Crippen LogP contribution in [0.3, 0.4) is 0 Å². The highest BCUT2D eigenvalue weighted by atomic mass is 19.4. The first kappa shape index (κ1) is 12.7. The van der Waals surface area contributed by atoms with E-state index in [1.165, 1.54) is 0 Å². The molecular weight excluding hydrogens is 210 g/mol. The molecule has 0 saturated heterocycles. The summed E-state index contributed by atoms with van der Waals surface area (Å²) in [6.07, 6.45) is -3.06. The molecule has 0 aromatic rings. The second-order valence-electron chi connectivity index (χ2n) is 4.23. The Balaban J connectivity index is 2.72. The average molecular weight is 227 g/mol. The molecule has 0 aliphatic heterocycles. The van der Waals surface area contributed by atoms with Crippen LogP contribution >= 0.6 is 0 Å². The third kappa shape index (κ3) is 2.62. The lowest BCUT2D eigenvalue weighted by Gasteiger charge is -2.39. The van der Waals surface area contributed by atoms with Gasteiger partial charge in [-0.1, -0.05) is 6.42 Å². The van der Waals surface area contributed by atoms with Gasteiger partial charge in [-0.3, -0.25) is 0 Å². The maximum absolute atomic E-state index is 13.9. The normalized spacial score (nSPS) is 33.0. The predicted molar refractivity (Wildman–Crippen MR) is 50.1 cm³/mol. The Morgan fingerprint density at radius 2 is 1.93 bits per heavy atom. The Hall–Kier alpha value is -0.320. The van der Waals surface area contributed by atoms with Crippen LogP contribution in [0.1, 0.15) is 38.5 Å². The molecule has 0 spiro atoms. The Bertz CT molecular complexity index is 204. The fourth-order valence-corrected chi connectivity index (χ4v) is 2.32. The third-order valence-electron chi connectivity index (χ3n) is 3.22. The van der Waals surface area contributed by atoms with E-state index in [1.807, 2.05) is 0 Å². The highest BCUT2D eigenvalue weighted by Gasteiger charge is 2.60. The molecule has 1 rings (SSSR count). The minimum atomic E-state index is -4.73. The van der Waals surface area contributed by atoms with Gasteiger partial charge in [-0.15, -0.1) is 0 Å². The molecule has 1 aliphatic rings. The van der Waals surface area contributed by atoms with E-state index >= 15 is 0 Å². The molecule has 2 unspecified atom stereocenters. The van der Waals surface area contributed by atoms with Gasteiger partial charge < -0.3 is 5.73 Å². The van der Waals surface area contributed by atoms with Gasteiger partial charge in [0.1, 0.15) is 0 Å². The van der Waals surface area contributed by atoms with Gasteiger partial charge in [-0.25, -0.2) is 4.39 Å². The van der Waals surface area contributed by atoms with E-state index in [4.69, 9.17) is 5.73 Å². The maximum atomic E-state index is 13.9. The molecule has 90 valence electrons. The van der Waals surface area contributed by atoms with Crippen LogP contribution in [0.5, 0.6) is 0 Å². The summed E-state index contributed by atoms with van der Waals surface area (Å²) in [6.45, 7) is 0.324. The maximum Gasteiger partial charge on any atom is 0.422 e. The summed E-state index contributed by atoms with van der Waals surface area (Å²) >= 11 is 0. The van der Waals surface area contributed by atoms with Crippen LogP contribution in [0.4, 0.5) is 17.6 Å². The van der Waals surface area contributed by atoms with Gasteiger partial charge in [0, 0.05) is 5.92 Å². The number of nitrogens with two attached hydrogens (primary N) is 1. The summed E-state index contributed by atoms with van der Waals surface area (Å²) in [6, 6.07) is 0. The minimum Gasteiger partial charge on any atom is -0.330 e. The van der Waals surface area contributed by atoms with Crippen LogP contribution in [-0.2, 0) is 0 Å². The van der Waals surface area contributed by atoms with Crippen molar-refractivity contribution in [3.05, 3.63) is 0 Å². The second kappa shape index (κ2) is 4.68. The molecule has 1 saturated carbocycles. The van der Waals surface area contributed by atoms with Crippen molar-refractivity contribution < 1.29 is 17.6 Å². The van der Waals surface area contributed by atoms with E-state index in [2.05, 4.69) is 0 Å². The molecule has 2 atom stereocenters. The highest BCUT2D eigenvalue weighted by molar-refractivity contribution is 4.96. The molecule has 1 aliphatic carbocycles. The number of alkyl halides is 4. The highest BCUT2D eigenvalue weighted by Crippen LogP contribution is 2.49. The van der Waals surface area contributed by atoms with Crippen molar-refractivity contribution in [2.24, 2.45) is 11.7 Å². The number of hydrogen-bond donors (Lipinski definition) is 1. The molecular formula is C10H17F4N. The van der Waals surface area contributed by atoms with Crippen LogP contribution in [0.25, 0.3) is 0 Å². The summed E-state index contributed by atoms with van der Waals surface area (Å²) in [5, 5.41) is 0. The number of rotatable bonds is 3. The molecule has 1 nitrogen and oxygen atoms in total. The Morgan fingerprint density at radius 3 is 2.47 bits per heavy atom. The minimum absolute atomic E-state index is 0.243. The lowest BCUT2D eigenvalue weighted by molar-refractivity contribution is -0.258. The summed E-state index contributed by atoms with van der Waals surface area (Å²) in [5.74, 6) is -0.894. The molecule has 0 bridgehead atoms. The topological polar surface area (TPSA) is 26.0 Å². The van der Waals surface area contributed by atoms with Crippen LogP contribution < -0.4 is 5.73 Å². The van der Waals surface area contributed by atoms with Gasteiger partial charge in [0.05, 0.1) is 0 Å². The largest absolute Gasteiger partial charge is 0.422 e. The molecule has 0 radical (unpaired) electrons. The first-order valence-electron chi connectivity index (χ1n) is 5.37. The van der Waals surface area contributed by atoms with E-state index in [9.17, 15) is 17.6 Å². The van der Waals surface area contributed by atoms with Crippen molar-refractivity contribution in [1.29, 1.82) is 0 Å². The quantitative estimate of drug-likeness (QED) is 0.736. The standard InChI is InChI=1S/C10H17F4N/c11-9(10(12,13)14)6-2-1-4-8(9)5-3-7-15/h8H,1-7,15H2. The van der Waals surface area contributed by atoms with Gasteiger partial charge >= 0.3 is 6.18 Å². The van der Waals surface area contributed by atoms with E-state index in [1.54, 1.807) is 0 Å². The molecule has 0 amide bonds. The van der Waals surface area contributed by atoms with Crippen molar-refractivity contribution in [3.8, 4) is 0 Å². The molecule has 5 heteroatoms. The lowest BCUT2D eigenvalue weighted by Crippen LogP contribution is -2.49. The summed E-state index contributed by atoms with van der Waals surface area (Å²) in [7, 11) is 0. The van der Waals surface area contributed by atoms with E-state index in [-0.39, 0.29) is 12.8 Å². The van der Waals surface area contributed by atoms with Crippen LogP contribution in [-0.4, -0.2) is 18.4 Å². The summed E-state index contributed by atoms with van der Waals surface area (Å²) in [4.78, 5) is 0. The van der Waals surface area contributed by atoms with Gasteiger partial charge in [0.15, 0.2) is 0 Å². The Morgan fingerprint density at radius 1 is 1.27 bits per heavy atom. The second-order valence-corrected chi connectivity index (χ2v) is 4.23. The molecule has 0 heterocycles. The van der Waals surface area contributed by atoms with Gasteiger partial charge in [-0.05, 0) is 38.6 Å². The lowest BCUT2D eigenvalue weighted by atomic mass is 9.74. The summed E-state index contributed by atoms with van der Waals surface area (Å²) in [5.41, 5.74) is 2.27. The SMILES string of the molecule is NCCCC1CCCCC1(F)C(F)(F)F. The fourth-order valence-electron chi connectivity index (χ4n) is 2.32.